The molecule has 1 saturated heterocycles. The lowest BCUT2D eigenvalue weighted by Gasteiger charge is -2.23. The number of piperazine rings is 1. The molecule has 0 saturated carbocycles. The molecule has 1 fully saturated rings. The van der Waals surface area contributed by atoms with Gasteiger partial charge in [0.05, 0.1) is 6.54 Å². The lowest BCUT2D eigenvalue weighted by molar-refractivity contribution is -0.126. The smallest absolute Gasteiger partial charge is 0.238 e. The third-order valence-electron chi connectivity index (χ3n) is 2.58. The maximum atomic E-state index is 11.6. The summed E-state index contributed by atoms with van der Waals surface area (Å²) in [5.41, 5.74) is 0. The van der Waals surface area contributed by atoms with E-state index in [1.54, 1.807) is 11.8 Å². The summed E-state index contributed by atoms with van der Waals surface area (Å²) in [6, 6.07) is -0.290. The number of nitrogens with one attached hydrogen (secondary N) is 3. The Morgan fingerprint density at radius 1 is 1.69 bits per heavy atom. The molecule has 0 aliphatic carbocycles. The lowest BCUT2D eigenvalue weighted by atomic mass is 10.2. The second-order valence-corrected chi connectivity index (χ2v) is 5.14. The minimum absolute atomic E-state index is 0.0340. The van der Waals surface area contributed by atoms with Gasteiger partial charge in [-0.15, -0.1) is 0 Å². The molecule has 2 atom stereocenters. The van der Waals surface area contributed by atoms with Crippen molar-refractivity contribution in [3.63, 3.8) is 0 Å². The van der Waals surface area contributed by atoms with Gasteiger partial charge in [-0.1, -0.05) is 6.92 Å². The molecule has 0 spiro atoms. The zero-order valence-corrected chi connectivity index (χ0v) is 10.5. The molecule has 92 valence electrons. The molecule has 0 aromatic carbocycles. The van der Waals surface area contributed by atoms with Crippen LogP contribution in [0.25, 0.3) is 0 Å². The summed E-state index contributed by atoms with van der Waals surface area (Å²) < 4.78 is 0. The van der Waals surface area contributed by atoms with Crippen molar-refractivity contribution in [2.75, 3.05) is 25.9 Å². The number of hydrogen-bond acceptors (Lipinski definition) is 4. The van der Waals surface area contributed by atoms with Gasteiger partial charge in [0.15, 0.2) is 0 Å². The molecule has 3 N–H and O–H groups in total. The van der Waals surface area contributed by atoms with E-state index in [2.05, 4.69) is 29.1 Å². The van der Waals surface area contributed by atoms with Gasteiger partial charge in [0.2, 0.25) is 11.8 Å². The molecular weight excluding hydrogens is 226 g/mol. The van der Waals surface area contributed by atoms with Crippen LogP contribution in [-0.4, -0.2) is 49.0 Å². The van der Waals surface area contributed by atoms with Crippen LogP contribution in [0.4, 0.5) is 0 Å². The molecule has 1 rings (SSSR count). The Balaban J connectivity index is 2.17. The molecule has 16 heavy (non-hydrogen) atoms. The van der Waals surface area contributed by atoms with Crippen LogP contribution in [0.1, 0.15) is 13.3 Å². The van der Waals surface area contributed by atoms with Gasteiger partial charge in [-0.3, -0.25) is 14.9 Å². The van der Waals surface area contributed by atoms with Crippen molar-refractivity contribution in [1.82, 2.24) is 16.0 Å². The Morgan fingerprint density at radius 3 is 3.00 bits per heavy atom. The number of carbonyl (C=O) groups excluding carboxylic acids is 2. The van der Waals surface area contributed by atoms with Crippen LogP contribution in [0.15, 0.2) is 0 Å². The average Bonchev–Trinajstić information content (AvgIpc) is 2.29. The maximum absolute atomic E-state index is 11.6. The number of thioether (sulfide) groups is 1. The maximum Gasteiger partial charge on any atom is 0.238 e. The zero-order chi connectivity index (χ0) is 12.0. The predicted octanol–water partition coefficient (Wildman–Crippen LogP) is -0.668. The Kier molecular flexibility index (Phi) is 5.62. The molecule has 5 nitrogen and oxygen atoms in total. The number of rotatable bonds is 5. The summed E-state index contributed by atoms with van der Waals surface area (Å²) in [5, 5.41) is 8.97. The SMILES string of the molecule is CSC(C)CCNC(=O)C1CNC(=O)CN1. The van der Waals surface area contributed by atoms with Gasteiger partial charge in [0, 0.05) is 18.3 Å². The summed E-state index contributed by atoms with van der Waals surface area (Å²) in [6.45, 7) is 3.42. The van der Waals surface area contributed by atoms with E-state index >= 15 is 0 Å². The van der Waals surface area contributed by atoms with E-state index in [0.717, 1.165) is 6.42 Å². The van der Waals surface area contributed by atoms with Crippen molar-refractivity contribution in [2.45, 2.75) is 24.6 Å². The molecule has 0 radical (unpaired) electrons. The van der Waals surface area contributed by atoms with E-state index in [4.69, 9.17) is 0 Å². The van der Waals surface area contributed by atoms with Crippen LogP contribution in [0.2, 0.25) is 0 Å². The molecule has 2 unspecified atom stereocenters. The minimum atomic E-state index is -0.290. The summed E-state index contributed by atoms with van der Waals surface area (Å²) in [6.07, 6.45) is 3.02. The van der Waals surface area contributed by atoms with Gasteiger partial charge in [-0.25, -0.2) is 0 Å². The highest BCUT2D eigenvalue weighted by atomic mass is 32.2. The fourth-order valence-electron chi connectivity index (χ4n) is 1.39. The third-order valence-corrected chi connectivity index (χ3v) is 3.62. The van der Waals surface area contributed by atoms with Gasteiger partial charge in [0.25, 0.3) is 0 Å². The minimum Gasteiger partial charge on any atom is -0.355 e. The highest BCUT2D eigenvalue weighted by Crippen LogP contribution is 2.07. The highest BCUT2D eigenvalue weighted by molar-refractivity contribution is 7.99. The molecule has 0 aromatic heterocycles. The van der Waals surface area contributed by atoms with Crippen LogP contribution < -0.4 is 16.0 Å². The second kappa shape index (κ2) is 6.75. The fraction of sp³-hybridized carbons (Fsp3) is 0.800. The van der Waals surface area contributed by atoms with Crippen molar-refractivity contribution in [3.8, 4) is 0 Å². The van der Waals surface area contributed by atoms with Crippen molar-refractivity contribution < 1.29 is 9.59 Å². The van der Waals surface area contributed by atoms with E-state index in [1.165, 1.54) is 0 Å². The monoisotopic (exact) mass is 245 g/mol. The average molecular weight is 245 g/mol. The zero-order valence-electron chi connectivity index (χ0n) is 9.71. The molecule has 1 heterocycles. The quantitative estimate of drug-likeness (QED) is 0.601. The first-order chi connectivity index (χ1) is 7.63. The van der Waals surface area contributed by atoms with E-state index in [0.29, 0.717) is 18.3 Å². The lowest BCUT2D eigenvalue weighted by Crippen LogP contribution is -2.58. The number of hydrogen-bond donors (Lipinski definition) is 3. The van der Waals surface area contributed by atoms with E-state index in [9.17, 15) is 9.59 Å². The van der Waals surface area contributed by atoms with E-state index in [-0.39, 0.29) is 24.4 Å². The Labute approximate surface area is 100 Å². The van der Waals surface area contributed by atoms with Crippen molar-refractivity contribution in [2.24, 2.45) is 0 Å². The first-order valence-electron chi connectivity index (χ1n) is 5.44. The van der Waals surface area contributed by atoms with Crippen LogP contribution >= 0.6 is 11.8 Å². The molecular formula is C10H19N3O2S. The predicted molar refractivity (Wildman–Crippen MR) is 65.4 cm³/mol. The molecule has 6 heteroatoms. The Hall–Kier alpha value is -0.750. The summed E-state index contributed by atoms with van der Waals surface area (Å²) in [4.78, 5) is 22.5. The fourth-order valence-corrected chi connectivity index (χ4v) is 1.75. The normalized spacial score (nSPS) is 22.4. The van der Waals surface area contributed by atoms with Crippen molar-refractivity contribution >= 4 is 23.6 Å². The van der Waals surface area contributed by atoms with Gasteiger partial charge in [-0.05, 0) is 12.7 Å². The first-order valence-corrected chi connectivity index (χ1v) is 6.73. The van der Waals surface area contributed by atoms with Crippen molar-refractivity contribution in [3.05, 3.63) is 0 Å². The molecule has 2 amide bonds. The summed E-state index contributed by atoms with van der Waals surface area (Å²) >= 11 is 1.79. The molecule has 1 aliphatic rings. The van der Waals surface area contributed by atoms with Gasteiger partial charge in [0.1, 0.15) is 6.04 Å². The van der Waals surface area contributed by atoms with Crippen LogP contribution in [0.3, 0.4) is 0 Å². The largest absolute Gasteiger partial charge is 0.355 e. The van der Waals surface area contributed by atoms with E-state index < -0.39 is 0 Å². The first kappa shape index (κ1) is 13.3. The summed E-state index contributed by atoms with van der Waals surface area (Å²) in [5.74, 6) is -0.0895. The molecule has 1 aliphatic heterocycles. The second-order valence-electron chi connectivity index (χ2n) is 3.86. The van der Waals surface area contributed by atoms with E-state index in [1.807, 2.05) is 0 Å². The van der Waals surface area contributed by atoms with Crippen LogP contribution in [0.5, 0.6) is 0 Å². The van der Waals surface area contributed by atoms with Crippen molar-refractivity contribution in [1.29, 1.82) is 0 Å². The Morgan fingerprint density at radius 2 is 2.44 bits per heavy atom. The third kappa shape index (κ3) is 4.40. The number of amides is 2. The van der Waals surface area contributed by atoms with Gasteiger partial charge >= 0.3 is 0 Å². The standard InChI is InChI=1S/C10H19N3O2S/c1-7(16-2)3-4-11-10(15)8-5-13-9(14)6-12-8/h7-8,12H,3-6H2,1-2H3,(H,11,15)(H,13,14). The molecule has 0 bridgehead atoms. The number of carbonyl (C=O) groups is 2. The van der Waals surface area contributed by atoms with Gasteiger partial charge in [-0.2, -0.15) is 11.8 Å². The highest BCUT2D eigenvalue weighted by Gasteiger charge is 2.23. The summed E-state index contributed by atoms with van der Waals surface area (Å²) in [7, 11) is 0. The van der Waals surface area contributed by atoms with Crippen LogP contribution in [0, 0.1) is 0 Å². The topological polar surface area (TPSA) is 70.2 Å². The molecule has 0 aromatic rings. The van der Waals surface area contributed by atoms with Gasteiger partial charge < -0.3 is 10.6 Å². The Bertz CT molecular complexity index is 250. The van der Waals surface area contributed by atoms with Crippen LogP contribution in [-0.2, 0) is 9.59 Å².